The smallest absolute Gasteiger partial charge is 0.409 e. The van der Waals surface area contributed by atoms with Gasteiger partial charge in [-0.3, -0.25) is 14.4 Å². The van der Waals surface area contributed by atoms with Crippen LogP contribution in [-0.4, -0.2) is 120 Å². The minimum absolute atomic E-state index is 0.0725. The predicted octanol–water partition coefficient (Wildman–Crippen LogP) is -2.54. The van der Waals surface area contributed by atoms with Crippen LogP contribution in [0.3, 0.4) is 0 Å². The molecule has 0 unspecified atom stereocenters. The van der Waals surface area contributed by atoms with Gasteiger partial charge in [-0.05, 0) is 38.1 Å². The number of carbonyl (C=O) groups excluding carboxylic acids is 1. The van der Waals surface area contributed by atoms with E-state index in [2.05, 4.69) is 29.6 Å². The molecule has 17 nitrogen and oxygen atoms in total. The zero-order valence-corrected chi connectivity index (χ0v) is 22.9. The Morgan fingerprint density at radius 3 is 2.24 bits per heavy atom. The molecule has 0 bridgehead atoms. The van der Waals surface area contributed by atoms with Crippen molar-refractivity contribution < 1.29 is 39.8 Å². The van der Waals surface area contributed by atoms with Gasteiger partial charge in [0.15, 0.2) is 11.4 Å². The quantitative estimate of drug-likeness (QED) is 0.116. The van der Waals surface area contributed by atoms with Gasteiger partial charge in [-0.1, -0.05) is 0 Å². The van der Waals surface area contributed by atoms with Gasteiger partial charge in [-0.2, -0.15) is 9.50 Å². The molecule has 1 aromatic carbocycles. The molecule has 1 amide bonds. The summed E-state index contributed by atoms with van der Waals surface area (Å²) in [6, 6.07) is 7.95. The van der Waals surface area contributed by atoms with Crippen molar-refractivity contribution in [3.63, 3.8) is 0 Å². The van der Waals surface area contributed by atoms with Crippen LogP contribution in [0, 0.1) is 0 Å². The zero-order valence-electron chi connectivity index (χ0n) is 22.9. The van der Waals surface area contributed by atoms with E-state index in [4.69, 9.17) is 16.2 Å². The second kappa shape index (κ2) is 11.2. The number of primary amides is 1. The Morgan fingerprint density at radius 1 is 1.02 bits per heavy atom. The molecule has 224 valence electrons. The highest BCUT2D eigenvalue weighted by molar-refractivity contribution is 5.89. The topological polar surface area (TPSA) is 242 Å². The number of aliphatic hydroxyl groups is 5. The number of fused-ring (bicyclic) bond motifs is 1. The monoisotopic (exact) mass is 577 g/mol. The highest BCUT2D eigenvalue weighted by Gasteiger charge is 2.55. The Bertz CT molecular complexity index is 1370. The summed E-state index contributed by atoms with van der Waals surface area (Å²) >= 11 is 0. The van der Waals surface area contributed by atoms with Gasteiger partial charge >= 0.3 is 11.9 Å². The van der Waals surface area contributed by atoms with Gasteiger partial charge in [0.1, 0.15) is 11.6 Å². The summed E-state index contributed by atoms with van der Waals surface area (Å²) in [4.78, 5) is 26.2. The molecule has 0 atom stereocenters. The van der Waals surface area contributed by atoms with Gasteiger partial charge in [0.05, 0.1) is 0 Å². The minimum Gasteiger partial charge on any atom is -0.433 e. The molecule has 4 rings (SSSR count). The lowest BCUT2D eigenvalue weighted by Gasteiger charge is -2.37. The molecule has 3 aromatic rings. The van der Waals surface area contributed by atoms with Crippen LogP contribution in [0.25, 0.3) is 5.65 Å². The van der Waals surface area contributed by atoms with Crippen molar-refractivity contribution in [1.82, 2.24) is 24.5 Å². The number of nitrogens with two attached hydrogens (primary N) is 2. The summed E-state index contributed by atoms with van der Waals surface area (Å²) in [7, 11) is 1.88. The maximum Gasteiger partial charge on any atom is 0.409 e. The molecule has 2 aromatic heterocycles. The van der Waals surface area contributed by atoms with E-state index in [1.54, 1.807) is 18.2 Å². The number of nitrogens with zero attached hydrogens (tertiary/aromatic N) is 7. The molecular weight excluding hydrogens is 542 g/mol. The molecular formula is C24H35N9O8. The number of amides is 1. The summed E-state index contributed by atoms with van der Waals surface area (Å²) in [5, 5.41) is 53.2. The van der Waals surface area contributed by atoms with Gasteiger partial charge in [-0.15, -0.1) is 5.10 Å². The maximum atomic E-state index is 11.4. The van der Waals surface area contributed by atoms with Crippen molar-refractivity contribution in [1.29, 1.82) is 0 Å². The third-order valence-corrected chi connectivity index (χ3v) is 6.35. The summed E-state index contributed by atoms with van der Waals surface area (Å²) < 4.78 is 10.6. The standard InChI is InChI=1S/C24H35N9O8/c1-22(2,35)41-24(38,39)23(36,37)40-16-6-4-15(5-7-16)32-12-10-31(11-13-32)9-8-30(3)17-14-18-27-20(19(25)34)29-33(18)21(26)28-17/h4-7,14,35-39H,8-13H2,1-3H3,(H2,25,34)(H2,26,28). The van der Waals surface area contributed by atoms with Gasteiger partial charge in [0, 0.05) is 58.1 Å². The van der Waals surface area contributed by atoms with Crippen molar-refractivity contribution in [2.75, 3.05) is 61.8 Å². The largest absolute Gasteiger partial charge is 0.433 e. The fourth-order valence-electron chi connectivity index (χ4n) is 4.20. The SMILES string of the molecule is CN(CCN1CCN(c2ccc(OC(O)(O)C(O)(O)OC(C)(C)O)cc2)CC1)c1cc2nc(C(N)=O)nn2c(N)n1. The Hall–Kier alpha value is -3.84. The first-order valence-corrected chi connectivity index (χ1v) is 12.7. The number of anilines is 3. The van der Waals surface area contributed by atoms with E-state index in [1.807, 2.05) is 11.9 Å². The molecule has 1 aliphatic rings. The summed E-state index contributed by atoms with van der Waals surface area (Å²) in [6.07, 6.45) is 0. The number of hydrogen-bond acceptors (Lipinski definition) is 15. The normalized spacial score (nSPS) is 15.4. The second-order valence-corrected chi connectivity index (χ2v) is 10.2. The number of rotatable bonds is 11. The van der Waals surface area contributed by atoms with Crippen molar-refractivity contribution >= 4 is 29.0 Å². The summed E-state index contributed by atoms with van der Waals surface area (Å²) in [5.41, 5.74) is 12.5. The molecule has 1 aliphatic heterocycles. The molecule has 9 N–H and O–H groups in total. The van der Waals surface area contributed by atoms with Crippen molar-refractivity contribution in [2.24, 2.45) is 5.73 Å². The van der Waals surface area contributed by atoms with E-state index >= 15 is 0 Å². The number of ether oxygens (including phenoxy) is 2. The number of hydrogen-bond donors (Lipinski definition) is 7. The van der Waals surface area contributed by atoms with E-state index in [1.165, 1.54) is 16.6 Å². The molecule has 1 saturated heterocycles. The molecule has 0 spiro atoms. The van der Waals surface area contributed by atoms with E-state index < -0.39 is 23.6 Å². The molecule has 0 radical (unpaired) electrons. The van der Waals surface area contributed by atoms with Crippen molar-refractivity contribution in [3.8, 4) is 5.75 Å². The minimum atomic E-state index is -3.62. The maximum absolute atomic E-state index is 11.4. The van der Waals surface area contributed by atoms with E-state index in [0.29, 0.717) is 18.0 Å². The highest BCUT2D eigenvalue weighted by atomic mass is 16.9. The van der Waals surface area contributed by atoms with Crippen LogP contribution in [0.4, 0.5) is 17.5 Å². The Balaban J connectivity index is 1.28. The van der Waals surface area contributed by atoms with E-state index in [0.717, 1.165) is 52.3 Å². The average Bonchev–Trinajstić information content (AvgIpc) is 3.32. The fraction of sp³-hybridized carbons (Fsp3) is 0.500. The molecule has 0 aliphatic carbocycles. The third-order valence-electron chi connectivity index (χ3n) is 6.35. The molecule has 3 heterocycles. The second-order valence-electron chi connectivity index (χ2n) is 10.2. The zero-order chi connectivity index (χ0) is 30.2. The fourth-order valence-corrected chi connectivity index (χ4v) is 4.20. The Kier molecular flexibility index (Phi) is 8.23. The summed E-state index contributed by atoms with van der Waals surface area (Å²) in [6.45, 7) is 6.61. The van der Waals surface area contributed by atoms with Crippen LogP contribution in [-0.2, 0) is 4.74 Å². The average molecular weight is 578 g/mol. The lowest BCUT2D eigenvalue weighted by Crippen LogP contribution is -2.62. The molecule has 17 heteroatoms. The van der Waals surface area contributed by atoms with E-state index in [9.17, 15) is 30.3 Å². The predicted molar refractivity (Wildman–Crippen MR) is 144 cm³/mol. The van der Waals surface area contributed by atoms with Gasteiger partial charge in [0.2, 0.25) is 11.8 Å². The van der Waals surface area contributed by atoms with Gasteiger partial charge in [0.25, 0.3) is 5.91 Å². The van der Waals surface area contributed by atoms with E-state index in [-0.39, 0.29) is 17.5 Å². The first-order valence-electron chi connectivity index (χ1n) is 12.7. The molecule has 1 fully saturated rings. The van der Waals surface area contributed by atoms with Crippen molar-refractivity contribution in [2.45, 2.75) is 31.6 Å². The van der Waals surface area contributed by atoms with Crippen LogP contribution in [0.5, 0.6) is 5.75 Å². The lowest BCUT2D eigenvalue weighted by atomic mass is 10.2. The van der Waals surface area contributed by atoms with Crippen LogP contribution in [0.1, 0.15) is 24.5 Å². The molecule has 41 heavy (non-hydrogen) atoms. The van der Waals surface area contributed by atoms with Crippen molar-refractivity contribution in [3.05, 3.63) is 36.2 Å². The number of likely N-dealkylation sites (N-methyl/N-ethyl adjacent to an activating group) is 1. The Labute approximate surface area is 234 Å². The summed E-state index contributed by atoms with van der Waals surface area (Å²) in [5.74, 6) is -9.56. The number of nitrogen functional groups attached to an aromatic ring is 1. The Morgan fingerprint density at radius 2 is 1.66 bits per heavy atom. The van der Waals surface area contributed by atoms with Crippen LogP contribution in [0.2, 0.25) is 0 Å². The first kappa shape index (κ1) is 30.1. The number of piperazine rings is 1. The molecule has 0 saturated carbocycles. The van der Waals surface area contributed by atoms with Gasteiger partial charge in [-0.25, -0.2) is 4.98 Å². The van der Waals surface area contributed by atoms with Crippen LogP contribution in [0.15, 0.2) is 30.3 Å². The van der Waals surface area contributed by atoms with Crippen LogP contribution >= 0.6 is 0 Å². The number of benzene rings is 1. The van der Waals surface area contributed by atoms with Crippen LogP contribution < -0.4 is 26.0 Å². The lowest BCUT2D eigenvalue weighted by molar-refractivity contribution is -0.538. The number of aromatic nitrogens is 4. The highest BCUT2D eigenvalue weighted by Crippen LogP contribution is 2.29. The van der Waals surface area contributed by atoms with Gasteiger partial charge < -0.3 is 51.5 Å². The number of carbonyl (C=O) groups is 1. The third kappa shape index (κ3) is 7.09. The first-order chi connectivity index (χ1) is 19.0.